The topological polar surface area (TPSA) is 102 Å². The van der Waals surface area contributed by atoms with Gasteiger partial charge in [0.1, 0.15) is 5.69 Å². The van der Waals surface area contributed by atoms with Gasteiger partial charge in [-0.2, -0.15) is 5.26 Å². The van der Waals surface area contributed by atoms with Crippen LogP contribution in [0.25, 0.3) is 0 Å². The average Bonchev–Trinajstić information content (AvgIpc) is 3.33. The molecule has 0 saturated carbocycles. The highest BCUT2D eigenvalue weighted by atomic mass is 32.1. The number of hydrogen-bond acceptors (Lipinski definition) is 7. The monoisotopic (exact) mass is 382 g/mol. The molecule has 0 spiro atoms. The summed E-state index contributed by atoms with van der Waals surface area (Å²) in [6.45, 7) is 2.14. The fourth-order valence-corrected chi connectivity index (χ4v) is 4.37. The number of fused-ring (bicyclic) bond motifs is 1. The van der Waals surface area contributed by atoms with Crippen molar-refractivity contribution in [1.82, 2.24) is 19.8 Å². The van der Waals surface area contributed by atoms with Crippen molar-refractivity contribution in [3.8, 4) is 6.19 Å². The Morgan fingerprint density at radius 2 is 2.22 bits per heavy atom. The van der Waals surface area contributed by atoms with Crippen LogP contribution >= 0.6 is 11.3 Å². The largest absolute Gasteiger partial charge is 0.332 e. The predicted molar refractivity (Wildman–Crippen MR) is 98.7 cm³/mol. The van der Waals surface area contributed by atoms with Crippen LogP contribution in [0.3, 0.4) is 0 Å². The molecule has 138 valence electrons. The van der Waals surface area contributed by atoms with Crippen LogP contribution in [0.1, 0.15) is 27.5 Å². The van der Waals surface area contributed by atoms with Gasteiger partial charge in [0.05, 0.1) is 18.2 Å². The third kappa shape index (κ3) is 3.61. The van der Waals surface area contributed by atoms with Gasteiger partial charge < -0.3 is 15.1 Å². The van der Waals surface area contributed by atoms with Gasteiger partial charge >= 0.3 is 0 Å². The molecular formula is C18H18N6O2S. The zero-order valence-corrected chi connectivity index (χ0v) is 15.4. The molecule has 2 aliphatic heterocycles. The third-order valence-corrected chi connectivity index (χ3v) is 5.83. The number of carbonyl (C=O) groups excluding carboxylic acids is 2. The van der Waals surface area contributed by atoms with E-state index in [1.165, 1.54) is 11.3 Å². The Balaban J connectivity index is 1.41. The summed E-state index contributed by atoms with van der Waals surface area (Å²) in [5.74, 6) is -0.379. The van der Waals surface area contributed by atoms with E-state index in [1.807, 2.05) is 0 Å². The minimum Gasteiger partial charge on any atom is -0.332 e. The molecule has 0 bridgehead atoms. The SMILES string of the molecule is N#CN1CCC(C(=O)Nc2nc3c(s2)CN(C(=O)c2ccccn2)CC3)C1. The van der Waals surface area contributed by atoms with Crippen LogP contribution in [-0.4, -0.2) is 51.2 Å². The molecule has 2 aromatic heterocycles. The Hall–Kier alpha value is -2.99. The molecule has 8 nitrogen and oxygen atoms in total. The highest BCUT2D eigenvalue weighted by molar-refractivity contribution is 7.15. The van der Waals surface area contributed by atoms with E-state index in [2.05, 4.69) is 21.5 Å². The lowest BCUT2D eigenvalue weighted by Crippen LogP contribution is -2.35. The van der Waals surface area contributed by atoms with Gasteiger partial charge in [0.2, 0.25) is 5.91 Å². The first-order chi connectivity index (χ1) is 13.1. The summed E-state index contributed by atoms with van der Waals surface area (Å²) < 4.78 is 0. The third-order valence-electron chi connectivity index (χ3n) is 4.83. The van der Waals surface area contributed by atoms with E-state index in [0.29, 0.717) is 49.8 Å². The van der Waals surface area contributed by atoms with Crippen molar-refractivity contribution in [3.63, 3.8) is 0 Å². The van der Waals surface area contributed by atoms with E-state index in [4.69, 9.17) is 5.26 Å². The van der Waals surface area contributed by atoms with E-state index in [9.17, 15) is 9.59 Å². The number of nitrogens with one attached hydrogen (secondary N) is 1. The number of anilines is 1. The van der Waals surface area contributed by atoms with Crippen molar-refractivity contribution in [2.24, 2.45) is 5.92 Å². The summed E-state index contributed by atoms with van der Waals surface area (Å²) in [5, 5.41) is 12.4. The van der Waals surface area contributed by atoms with Crippen molar-refractivity contribution in [3.05, 3.63) is 40.7 Å². The highest BCUT2D eigenvalue weighted by Gasteiger charge is 2.30. The first kappa shape index (κ1) is 17.4. The van der Waals surface area contributed by atoms with Gasteiger partial charge in [0.25, 0.3) is 5.91 Å². The molecule has 0 aromatic carbocycles. The summed E-state index contributed by atoms with van der Waals surface area (Å²) in [7, 11) is 0. The van der Waals surface area contributed by atoms with E-state index in [-0.39, 0.29) is 17.7 Å². The van der Waals surface area contributed by atoms with Crippen LogP contribution < -0.4 is 5.32 Å². The second-order valence-electron chi connectivity index (χ2n) is 6.60. The van der Waals surface area contributed by atoms with Gasteiger partial charge in [-0.15, -0.1) is 0 Å². The maximum Gasteiger partial charge on any atom is 0.272 e. The predicted octanol–water partition coefficient (Wildman–Crippen LogP) is 1.48. The molecule has 2 aliphatic rings. The number of aromatic nitrogens is 2. The molecule has 2 amide bonds. The molecule has 1 fully saturated rings. The molecule has 1 N–H and O–H groups in total. The zero-order chi connectivity index (χ0) is 18.8. The first-order valence-electron chi connectivity index (χ1n) is 8.78. The quantitative estimate of drug-likeness (QED) is 0.807. The van der Waals surface area contributed by atoms with E-state index in [0.717, 1.165) is 10.6 Å². The number of nitriles is 1. The van der Waals surface area contributed by atoms with Gasteiger partial charge in [-0.1, -0.05) is 17.4 Å². The number of hydrogen-bond donors (Lipinski definition) is 1. The van der Waals surface area contributed by atoms with Crippen molar-refractivity contribution in [2.75, 3.05) is 25.0 Å². The lowest BCUT2D eigenvalue weighted by molar-refractivity contribution is -0.119. The fourth-order valence-electron chi connectivity index (χ4n) is 3.35. The van der Waals surface area contributed by atoms with Crippen LogP contribution in [-0.2, 0) is 17.8 Å². The summed E-state index contributed by atoms with van der Waals surface area (Å²) >= 11 is 1.41. The molecule has 0 aliphatic carbocycles. The van der Waals surface area contributed by atoms with Crippen LogP contribution in [0.15, 0.2) is 24.4 Å². The number of pyridine rings is 1. The normalized spacial score (nSPS) is 18.7. The number of amides is 2. The Morgan fingerprint density at radius 1 is 1.33 bits per heavy atom. The van der Waals surface area contributed by atoms with Crippen LogP contribution in [0.4, 0.5) is 5.13 Å². The Morgan fingerprint density at radius 3 is 2.96 bits per heavy atom. The molecule has 27 heavy (non-hydrogen) atoms. The molecule has 0 radical (unpaired) electrons. The lowest BCUT2D eigenvalue weighted by atomic mass is 10.1. The van der Waals surface area contributed by atoms with E-state index >= 15 is 0 Å². The smallest absolute Gasteiger partial charge is 0.272 e. The second kappa shape index (κ2) is 7.32. The fraction of sp³-hybridized carbons (Fsp3) is 0.389. The molecule has 9 heteroatoms. The summed E-state index contributed by atoms with van der Waals surface area (Å²) in [4.78, 5) is 38.0. The highest BCUT2D eigenvalue weighted by Crippen LogP contribution is 2.29. The number of nitrogens with zero attached hydrogens (tertiary/aromatic N) is 5. The average molecular weight is 382 g/mol. The molecule has 2 aromatic rings. The first-order valence-corrected chi connectivity index (χ1v) is 9.60. The molecule has 1 unspecified atom stereocenters. The van der Waals surface area contributed by atoms with Crippen molar-refractivity contribution >= 4 is 28.3 Å². The summed E-state index contributed by atoms with van der Waals surface area (Å²) in [6, 6.07) is 5.29. The molecule has 4 heterocycles. The van der Waals surface area contributed by atoms with Gasteiger partial charge in [-0.3, -0.25) is 14.6 Å². The van der Waals surface area contributed by atoms with E-state index in [1.54, 1.807) is 34.2 Å². The standard InChI is InChI=1S/C18H18N6O2S/c19-11-23-7-4-12(9-23)16(25)22-18-21-13-5-8-24(10-15(13)27-18)17(26)14-3-1-2-6-20-14/h1-3,6,12H,4-5,7-10H2,(H,21,22,25). The van der Waals surface area contributed by atoms with Crippen molar-refractivity contribution < 1.29 is 9.59 Å². The molecule has 4 rings (SSSR count). The van der Waals surface area contributed by atoms with Crippen LogP contribution in [0.2, 0.25) is 0 Å². The molecule has 1 atom stereocenters. The zero-order valence-electron chi connectivity index (χ0n) is 14.6. The molecule has 1 saturated heterocycles. The second-order valence-corrected chi connectivity index (χ2v) is 7.69. The Kier molecular flexibility index (Phi) is 4.73. The number of likely N-dealkylation sites (tertiary alicyclic amines) is 1. The van der Waals surface area contributed by atoms with Crippen molar-refractivity contribution in [2.45, 2.75) is 19.4 Å². The van der Waals surface area contributed by atoms with Crippen molar-refractivity contribution in [1.29, 1.82) is 5.26 Å². The van der Waals surface area contributed by atoms with Gasteiger partial charge in [-0.05, 0) is 18.6 Å². The molecular weight excluding hydrogens is 364 g/mol. The van der Waals surface area contributed by atoms with E-state index < -0.39 is 0 Å². The van der Waals surface area contributed by atoms with Crippen LogP contribution in [0.5, 0.6) is 0 Å². The summed E-state index contributed by atoms with van der Waals surface area (Å²) in [6.07, 6.45) is 5.03. The Bertz CT molecular complexity index is 906. The van der Waals surface area contributed by atoms with Gasteiger partial charge in [-0.25, -0.2) is 4.98 Å². The lowest BCUT2D eigenvalue weighted by Gasteiger charge is -2.25. The summed E-state index contributed by atoms with van der Waals surface area (Å²) in [5.41, 5.74) is 1.37. The number of carbonyl (C=O) groups is 2. The maximum absolute atomic E-state index is 12.6. The minimum atomic E-state index is -0.187. The van der Waals surface area contributed by atoms with Gasteiger partial charge in [0.15, 0.2) is 11.3 Å². The minimum absolute atomic E-state index is 0.0946. The maximum atomic E-state index is 12.6. The Labute approximate surface area is 160 Å². The number of thiazole rings is 1. The number of rotatable bonds is 3. The van der Waals surface area contributed by atoms with Gasteiger partial charge in [0, 0.05) is 37.1 Å². The van der Waals surface area contributed by atoms with Crippen LogP contribution in [0, 0.1) is 17.4 Å².